The molecule has 10 nitrogen and oxygen atoms in total. The van der Waals surface area contributed by atoms with E-state index >= 15 is 0 Å². The Balaban J connectivity index is 2.55. The van der Waals surface area contributed by atoms with Gasteiger partial charge in [-0.3, -0.25) is 27.9 Å². The third-order valence-electron chi connectivity index (χ3n) is 6.47. The van der Waals surface area contributed by atoms with Crippen molar-refractivity contribution in [2.24, 2.45) is 28.2 Å². The summed E-state index contributed by atoms with van der Waals surface area (Å²) >= 11 is 17.2. The Morgan fingerprint density at radius 1 is 0.895 bits per heavy atom. The number of ether oxygens (including phenoxy) is 2. The van der Waals surface area contributed by atoms with Crippen LogP contribution in [0.25, 0.3) is 0 Å². The van der Waals surface area contributed by atoms with Crippen LogP contribution in [0.2, 0.25) is 5.02 Å². The van der Waals surface area contributed by atoms with Gasteiger partial charge in [-0.1, -0.05) is 18.5 Å². The highest BCUT2D eigenvalue weighted by atomic mass is 35.5. The van der Waals surface area contributed by atoms with E-state index in [2.05, 4.69) is 0 Å². The molecule has 0 amide bonds. The first-order valence-electron chi connectivity index (χ1n) is 11.9. The van der Waals surface area contributed by atoms with Gasteiger partial charge >= 0.3 is 0 Å². The summed E-state index contributed by atoms with van der Waals surface area (Å²) in [5, 5.41) is 22.5. The van der Waals surface area contributed by atoms with Gasteiger partial charge in [-0.05, 0) is 62.4 Å². The molecule has 2 N–H and O–H groups in total. The van der Waals surface area contributed by atoms with Crippen molar-refractivity contribution in [2.75, 3.05) is 6.61 Å². The molecule has 0 aliphatic rings. The maximum atomic E-state index is 13.6. The fourth-order valence-corrected chi connectivity index (χ4v) is 4.72. The number of hydrogen-bond donors (Lipinski definition) is 2. The maximum absolute atomic E-state index is 13.6. The zero-order valence-corrected chi connectivity index (χ0v) is 24.6. The molecule has 1 atom stereocenters. The lowest BCUT2D eigenvalue weighted by atomic mass is 9.86. The second-order valence-corrected chi connectivity index (χ2v) is 10.1. The highest BCUT2D eigenvalue weighted by Gasteiger charge is 2.34. The second-order valence-electron chi connectivity index (χ2n) is 8.92. The van der Waals surface area contributed by atoms with Crippen molar-refractivity contribution in [3.63, 3.8) is 0 Å². The molecule has 3 aromatic rings. The predicted molar refractivity (Wildman–Crippen MR) is 150 cm³/mol. The Bertz CT molecular complexity index is 1550. The van der Waals surface area contributed by atoms with E-state index < -0.39 is 28.8 Å². The zero-order valence-electron chi connectivity index (χ0n) is 22.2. The van der Waals surface area contributed by atoms with Gasteiger partial charge in [0, 0.05) is 28.2 Å². The molecule has 0 aliphatic heterocycles. The minimum absolute atomic E-state index is 0.0592. The maximum Gasteiger partial charge on any atom is 0.262 e. The number of rotatable bonds is 8. The monoisotopic (exact) mass is 582 g/mol. The first kappa shape index (κ1) is 29.5. The molecule has 0 saturated carbocycles. The van der Waals surface area contributed by atoms with Gasteiger partial charge in [0.15, 0.2) is 21.0 Å². The number of aromatic hydroxyl groups is 2. The van der Waals surface area contributed by atoms with Crippen molar-refractivity contribution in [2.45, 2.75) is 39.2 Å². The third kappa shape index (κ3) is 4.99. The first-order chi connectivity index (χ1) is 17.8. The molecule has 0 radical (unpaired) electrons. The Hall–Kier alpha value is -3.09. The average Bonchev–Trinajstić information content (AvgIpc) is 2.89. The summed E-state index contributed by atoms with van der Waals surface area (Å²) in [6.45, 7) is 5.92. The standard InChI is InChI=1S/C25H31ClN4O6S2/c1-8-12(3)36-19-14(26)10-13(11-15(19)35-9-2)16(17-20(31)27(4)24(37)28(5)21(17)32)18-22(33)29(6)25(38)30(7)23(18)34/h10-12,16,31,33H,8-9H2,1-7H3/t12-/m1/s1. The van der Waals surface area contributed by atoms with Gasteiger partial charge in [-0.15, -0.1) is 0 Å². The summed E-state index contributed by atoms with van der Waals surface area (Å²) in [4.78, 5) is 27.1. The SMILES string of the molecule is CCOc1cc(C(c2c(O)n(C)c(=S)n(C)c2=O)c2c(O)n(C)c(=S)n(C)c2=O)cc(Cl)c1O[C@H](C)CC. The van der Waals surface area contributed by atoms with E-state index in [1.165, 1.54) is 52.5 Å². The number of hydrogen-bond acceptors (Lipinski definition) is 8. The Labute approximate surface area is 234 Å². The summed E-state index contributed by atoms with van der Waals surface area (Å²) < 4.78 is 16.8. The molecule has 38 heavy (non-hydrogen) atoms. The molecule has 0 fully saturated rings. The lowest BCUT2D eigenvalue weighted by Crippen LogP contribution is -2.33. The van der Waals surface area contributed by atoms with Crippen molar-refractivity contribution in [3.8, 4) is 23.3 Å². The van der Waals surface area contributed by atoms with Crippen molar-refractivity contribution < 1.29 is 19.7 Å². The van der Waals surface area contributed by atoms with Crippen LogP contribution in [-0.2, 0) is 28.2 Å². The summed E-state index contributed by atoms with van der Waals surface area (Å²) in [5.41, 5.74) is -1.40. The molecule has 0 unspecified atom stereocenters. The molecule has 0 bridgehead atoms. The molecule has 3 rings (SSSR count). The quantitative estimate of drug-likeness (QED) is 0.383. The Kier molecular flexibility index (Phi) is 8.79. The van der Waals surface area contributed by atoms with Crippen molar-refractivity contribution >= 4 is 36.0 Å². The molecule has 2 aromatic heterocycles. The summed E-state index contributed by atoms with van der Waals surface area (Å²) in [6.07, 6.45) is 0.548. The highest BCUT2D eigenvalue weighted by Crippen LogP contribution is 2.44. The van der Waals surface area contributed by atoms with Crippen LogP contribution in [0, 0.1) is 9.54 Å². The number of halogens is 1. The van der Waals surface area contributed by atoms with Crippen LogP contribution < -0.4 is 20.6 Å². The molecule has 206 valence electrons. The molecule has 0 saturated heterocycles. The normalized spacial score (nSPS) is 12.1. The number of benzene rings is 1. The van der Waals surface area contributed by atoms with E-state index in [1.54, 1.807) is 13.0 Å². The summed E-state index contributed by atoms with van der Waals surface area (Å²) in [7, 11) is 5.89. The molecular formula is C25H31ClN4O6S2. The lowest BCUT2D eigenvalue weighted by Gasteiger charge is -2.25. The zero-order chi connectivity index (χ0) is 28.6. The van der Waals surface area contributed by atoms with Gasteiger partial charge in [0.1, 0.15) is 0 Å². The number of nitrogens with zero attached hydrogens (tertiary/aromatic N) is 4. The van der Waals surface area contributed by atoms with E-state index in [-0.39, 0.29) is 44.2 Å². The van der Waals surface area contributed by atoms with Gasteiger partial charge in [0.05, 0.1) is 34.8 Å². The first-order valence-corrected chi connectivity index (χ1v) is 13.1. The van der Waals surface area contributed by atoms with Crippen LogP contribution in [0.4, 0.5) is 0 Å². The number of aromatic nitrogens is 4. The van der Waals surface area contributed by atoms with Gasteiger partial charge < -0.3 is 19.7 Å². The van der Waals surface area contributed by atoms with Crippen LogP contribution in [0.1, 0.15) is 49.8 Å². The minimum atomic E-state index is -1.29. The van der Waals surface area contributed by atoms with Gasteiger partial charge in [0.2, 0.25) is 11.8 Å². The van der Waals surface area contributed by atoms with Crippen LogP contribution in [0.5, 0.6) is 23.3 Å². The van der Waals surface area contributed by atoms with E-state index in [9.17, 15) is 19.8 Å². The van der Waals surface area contributed by atoms with E-state index in [4.69, 9.17) is 45.5 Å². The molecule has 0 spiro atoms. The molecule has 1 aromatic carbocycles. The summed E-state index contributed by atoms with van der Waals surface area (Å²) in [6, 6.07) is 3.10. The summed E-state index contributed by atoms with van der Waals surface area (Å²) in [5.74, 6) is -1.64. The highest BCUT2D eigenvalue weighted by molar-refractivity contribution is 7.71. The largest absolute Gasteiger partial charge is 0.494 e. The second kappa shape index (κ2) is 11.3. The molecule has 13 heteroatoms. The van der Waals surface area contributed by atoms with Crippen molar-refractivity contribution in [1.29, 1.82) is 0 Å². The van der Waals surface area contributed by atoms with Crippen LogP contribution in [-0.4, -0.2) is 41.2 Å². The molecule has 0 aliphatic carbocycles. The van der Waals surface area contributed by atoms with Crippen molar-refractivity contribution in [3.05, 3.63) is 64.1 Å². The van der Waals surface area contributed by atoms with Gasteiger partial charge in [-0.25, -0.2) is 0 Å². The topological polar surface area (TPSA) is 113 Å². The fourth-order valence-electron chi connectivity index (χ4n) is 4.12. The fraction of sp³-hybridized carbons (Fsp3) is 0.440. The van der Waals surface area contributed by atoms with Crippen LogP contribution >= 0.6 is 36.0 Å². The van der Waals surface area contributed by atoms with E-state index in [0.29, 0.717) is 17.7 Å². The van der Waals surface area contributed by atoms with Crippen molar-refractivity contribution in [1.82, 2.24) is 18.3 Å². The van der Waals surface area contributed by atoms with Crippen LogP contribution in [0.15, 0.2) is 21.7 Å². The van der Waals surface area contributed by atoms with Gasteiger partial charge in [0.25, 0.3) is 11.1 Å². The molecule has 2 heterocycles. The van der Waals surface area contributed by atoms with E-state index in [0.717, 1.165) is 0 Å². The average molecular weight is 583 g/mol. The van der Waals surface area contributed by atoms with Gasteiger partial charge in [-0.2, -0.15) is 0 Å². The molecular weight excluding hydrogens is 552 g/mol. The predicted octanol–water partition coefficient (Wildman–Crippen LogP) is 4.04. The third-order valence-corrected chi connectivity index (χ3v) is 7.85. The van der Waals surface area contributed by atoms with E-state index in [1.807, 2.05) is 13.8 Å². The minimum Gasteiger partial charge on any atom is -0.494 e. The lowest BCUT2D eigenvalue weighted by molar-refractivity contribution is 0.203. The smallest absolute Gasteiger partial charge is 0.262 e. The Morgan fingerprint density at radius 3 is 1.79 bits per heavy atom. The Morgan fingerprint density at radius 2 is 1.37 bits per heavy atom. The van der Waals surface area contributed by atoms with Crippen LogP contribution in [0.3, 0.4) is 0 Å².